The quantitative estimate of drug-likeness (QED) is 0.793. The number of carbonyl (C=O) groups excluding carboxylic acids is 1. The summed E-state index contributed by atoms with van der Waals surface area (Å²) in [4.78, 5) is 11.4. The van der Waals surface area contributed by atoms with Gasteiger partial charge in [0.2, 0.25) is 0 Å². The highest BCUT2D eigenvalue weighted by molar-refractivity contribution is 6.30. The minimum atomic E-state index is -0.236. The Morgan fingerprint density at radius 1 is 1.35 bits per heavy atom. The van der Waals surface area contributed by atoms with Crippen LogP contribution in [0.5, 0.6) is 0 Å². The van der Waals surface area contributed by atoms with Crippen LogP contribution in [-0.4, -0.2) is 19.1 Å². The number of rotatable bonds is 6. The fourth-order valence-electron chi connectivity index (χ4n) is 1.20. The summed E-state index contributed by atoms with van der Waals surface area (Å²) in [6.45, 7) is 4.86. The molecule has 0 aliphatic heterocycles. The Hall–Kier alpha value is -1.22. The molecule has 0 fully saturated rings. The Labute approximate surface area is 107 Å². The lowest BCUT2D eigenvalue weighted by atomic mass is 10.1. The van der Waals surface area contributed by atoms with Gasteiger partial charge in [0.05, 0.1) is 6.61 Å². The van der Waals surface area contributed by atoms with E-state index in [0.717, 1.165) is 12.1 Å². The van der Waals surface area contributed by atoms with E-state index in [1.807, 2.05) is 12.1 Å². The number of hydrogen-bond donors (Lipinski definition) is 1. The fraction of sp³-hybridized carbons (Fsp3) is 0.462. The normalized spacial score (nSPS) is 10.4. The van der Waals surface area contributed by atoms with Crippen molar-refractivity contribution in [3.8, 4) is 0 Å². The van der Waals surface area contributed by atoms with Crippen molar-refractivity contribution in [1.82, 2.24) is 0 Å². The standard InChI is InChI=1S/C13H18ClNO2/c1-10(2)7-8-17-13(16)9-15-12-5-3-11(14)4-6-12/h3-6,10,15H,7-9H2,1-2H3. The lowest BCUT2D eigenvalue weighted by Gasteiger charge is -2.08. The van der Waals surface area contributed by atoms with Crippen LogP contribution in [0.1, 0.15) is 20.3 Å². The molecule has 0 amide bonds. The molecule has 1 rings (SSSR count). The Balaban J connectivity index is 2.21. The molecule has 94 valence electrons. The van der Waals surface area contributed by atoms with E-state index in [9.17, 15) is 4.79 Å². The number of esters is 1. The third kappa shape index (κ3) is 6.17. The van der Waals surface area contributed by atoms with Gasteiger partial charge in [-0.25, -0.2) is 0 Å². The van der Waals surface area contributed by atoms with Gasteiger partial charge in [0.25, 0.3) is 0 Å². The molecule has 0 aromatic heterocycles. The largest absolute Gasteiger partial charge is 0.464 e. The van der Waals surface area contributed by atoms with Crippen LogP contribution in [0.2, 0.25) is 5.02 Å². The van der Waals surface area contributed by atoms with Gasteiger partial charge >= 0.3 is 5.97 Å². The molecule has 0 saturated heterocycles. The molecule has 0 aliphatic carbocycles. The van der Waals surface area contributed by atoms with E-state index >= 15 is 0 Å². The zero-order valence-electron chi connectivity index (χ0n) is 10.2. The Kier molecular flexibility index (Phi) is 5.84. The highest BCUT2D eigenvalue weighted by Gasteiger charge is 2.03. The SMILES string of the molecule is CC(C)CCOC(=O)CNc1ccc(Cl)cc1. The molecule has 0 spiro atoms. The van der Waals surface area contributed by atoms with Crippen molar-refractivity contribution in [2.45, 2.75) is 20.3 Å². The third-order valence-electron chi connectivity index (χ3n) is 2.24. The molecule has 17 heavy (non-hydrogen) atoms. The molecular formula is C13H18ClNO2. The van der Waals surface area contributed by atoms with Gasteiger partial charge in [-0.05, 0) is 36.6 Å². The van der Waals surface area contributed by atoms with Crippen molar-refractivity contribution in [1.29, 1.82) is 0 Å². The van der Waals surface area contributed by atoms with Crippen LogP contribution in [-0.2, 0) is 9.53 Å². The van der Waals surface area contributed by atoms with Crippen molar-refractivity contribution in [3.05, 3.63) is 29.3 Å². The molecule has 0 radical (unpaired) electrons. The van der Waals surface area contributed by atoms with E-state index in [-0.39, 0.29) is 12.5 Å². The first-order chi connectivity index (χ1) is 8.08. The lowest BCUT2D eigenvalue weighted by Crippen LogP contribution is -2.17. The van der Waals surface area contributed by atoms with Crippen molar-refractivity contribution in [2.75, 3.05) is 18.5 Å². The molecule has 4 heteroatoms. The summed E-state index contributed by atoms with van der Waals surface area (Å²) in [7, 11) is 0. The number of ether oxygens (including phenoxy) is 1. The van der Waals surface area contributed by atoms with E-state index < -0.39 is 0 Å². The van der Waals surface area contributed by atoms with Crippen LogP contribution in [0.3, 0.4) is 0 Å². The molecule has 0 saturated carbocycles. The Morgan fingerprint density at radius 2 is 2.00 bits per heavy atom. The topological polar surface area (TPSA) is 38.3 Å². The Bertz CT molecular complexity index is 349. The summed E-state index contributed by atoms with van der Waals surface area (Å²) in [6, 6.07) is 7.19. The fourth-order valence-corrected chi connectivity index (χ4v) is 1.33. The Morgan fingerprint density at radius 3 is 2.59 bits per heavy atom. The smallest absolute Gasteiger partial charge is 0.325 e. The summed E-state index contributed by atoms with van der Waals surface area (Å²) in [6.07, 6.45) is 0.896. The lowest BCUT2D eigenvalue weighted by molar-refractivity contribution is -0.141. The number of hydrogen-bond acceptors (Lipinski definition) is 3. The number of halogens is 1. The van der Waals surface area contributed by atoms with Gasteiger partial charge in [-0.3, -0.25) is 4.79 Å². The first-order valence-electron chi connectivity index (χ1n) is 5.73. The molecule has 1 N–H and O–H groups in total. The van der Waals surface area contributed by atoms with Crippen molar-refractivity contribution >= 4 is 23.3 Å². The van der Waals surface area contributed by atoms with E-state index in [0.29, 0.717) is 17.5 Å². The second-order valence-electron chi connectivity index (χ2n) is 4.26. The van der Waals surface area contributed by atoms with Gasteiger partial charge in [-0.2, -0.15) is 0 Å². The molecule has 0 atom stereocenters. The third-order valence-corrected chi connectivity index (χ3v) is 2.49. The van der Waals surface area contributed by atoms with Crippen LogP contribution < -0.4 is 5.32 Å². The second-order valence-corrected chi connectivity index (χ2v) is 4.70. The molecule has 1 aromatic rings. The zero-order chi connectivity index (χ0) is 12.7. The minimum absolute atomic E-state index is 0.180. The number of nitrogens with one attached hydrogen (secondary N) is 1. The maximum absolute atomic E-state index is 11.4. The van der Waals surface area contributed by atoms with Crippen LogP contribution >= 0.6 is 11.6 Å². The van der Waals surface area contributed by atoms with Gasteiger partial charge in [-0.1, -0.05) is 25.4 Å². The summed E-state index contributed by atoms with van der Waals surface area (Å²) in [5, 5.41) is 3.65. The van der Waals surface area contributed by atoms with Gasteiger partial charge in [0.15, 0.2) is 0 Å². The summed E-state index contributed by atoms with van der Waals surface area (Å²) in [5.74, 6) is 0.313. The predicted octanol–water partition coefficient (Wildman–Crippen LogP) is 3.34. The zero-order valence-corrected chi connectivity index (χ0v) is 11.0. The molecule has 0 unspecified atom stereocenters. The van der Waals surface area contributed by atoms with Crippen LogP contribution in [0.25, 0.3) is 0 Å². The average Bonchev–Trinajstić information content (AvgIpc) is 2.28. The molecular weight excluding hydrogens is 238 g/mol. The van der Waals surface area contributed by atoms with E-state index in [1.54, 1.807) is 12.1 Å². The summed E-state index contributed by atoms with van der Waals surface area (Å²) < 4.78 is 5.07. The van der Waals surface area contributed by atoms with Gasteiger partial charge in [0, 0.05) is 10.7 Å². The molecule has 0 aliphatic rings. The van der Waals surface area contributed by atoms with E-state index in [2.05, 4.69) is 19.2 Å². The van der Waals surface area contributed by atoms with Crippen molar-refractivity contribution in [3.63, 3.8) is 0 Å². The van der Waals surface area contributed by atoms with Crippen molar-refractivity contribution < 1.29 is 9.53 Å². The molecule has 3 nitrogen and oxygen atoms in total. The van der Waals surface area contributed by atoms with Gasteiger partial charge in [0.1, 0.15) is 6.54 Å². The molecule has 1 aromatic carbocycles. The van der Waals surface area contributed by atoms with Gasteiger partial charge < -0.3 is 10.1 Å². The van der Waals surface area contributed by atoms with E-state index in [4.69, 9.17) is 16.3 Å². The molecule has 0 heterocycles. The first-order valence-corrected chi connectivity index (χ1v) is 6.11. The summed E-state index contributed by atoms with van der Waals surface area (Å²) >= 11 is 5.75. The highest BCUT2D eigenvalue weighted by Crippen LogP contribution is 2.12. The highest BCUT2D eigenvalue weighted by atomic mass is 35.5. The predicted molar refractivity (Wildman–Crippen MR) is 70.4 cm³/mol. The summed E-state index contributed by atoms with van der Waals surface area (Å²) in [5.41, 5.74) is 0.857. The number of carbonyl (C=O) groups is 1. The minimum Gasteiger partial charge on any atom is -0.464 e. The average molecular weight is 256 g/mol. The molecule has 0 bridgehead atoms. The van der Waals surface area contributed by atoms with Crippen LogP contribution in [0.4, 0.5) is 5.69 Å². The first kappa shape index (κ1) is 13.8. The number of benzene rings is 1. The monoisotopic (exact) mass is 255 g/mol. The number of anilines is 1. The van der Waals surface area contributed by atoms with Crippen LogP contribution in [0.15, 0.2) is 24.3 Å². The van der Waals surface area contributed by atoms with E-state index in [1.165, 1.54) is 0 Å². The van der Waals surface area contributed by atoms with Crippen LogP contribution in [0, 0.1) is 5.92 Å². The second kappa shape index (κ2) is 7.17. The maximum atomic E-state index is 11.4. The van der Waals surface area contributed by atoms with Gasteiger partial charge in [-0.15, -0.1) is 0 Å². The maximum Gasteiger partial charge on any atom is 0.325 e. The van der Waals surface area contributed by atoms with Crippen molar-refractivity contribution in [2.24, 2.45) is 5.92 Å².